The van der Waals surface area contributed by atoms with Crippen molar-refractivity contribution < 1.29 is 18.3 Å². The molecule has 0 aliphatic rings. The number of aryl methyl sites for hydroxylation is 2. The molecular formula is C21H24N4O4S. The lowest BCUT2D eigenvalue weighted by Gasteiger charge is -2.18. The van der Waals surface area contributed by atoms with E-state index >= 15 is 0 Å². The number of hydrogen-bond donors (Lipinski definition) is 2. The van der Waals surface area contributed by atoms with Gasteiger partial charge in [-0.25, -0.2) is 8.42 Å². The first kappa shape index (κ1) is 21.7. The third kappa shape index (κ3) is 3.86. The van der Waals surface area contributed by atoms with Crippen LogP contribution in [0.1, 0.15) is 35.3 Å². The van der Waals surface area contributed by atoms with Crippen molar-refractivity contribution >= 4 is 32.5 Å². The highest BCUT2D eigenvalue weighted by atomic mass is 32.2. The summed E-state index contributed by atoms with van der Waals surface area (Å²) in [5, 5.41) is 18.5. The molecule has 158 valence electrons. The predicted molar refractivity (Wildman–Crippen MR) is 115 cm³/mol. The first-order valence-electron chi connectivity index (χ1n) is 9.57. The highest BCUT2D eigenvalue weighted by molar-refractivity contribution is 7.89. The van der Waals surface area contributed by atoms with Crippen LogP contribution in [-0.2, 0) is 10.0 Å². The topological polar surface area (TPSA) is 115 Å². The number of rotatable bonds is 6. The van der Waals surface area contributed by atoms with Gasteiger partial charge >= 0.3 is 0 Å². The van der Waals surface area contributed by atoms with Gasteiger partial charge < -0.3 is 10.1 Å². The molecule has 9 heteroatoms. The van der Waals surface area contributed by atoms with Gasteiger partial charge in [-0.05, 0) is 43.2 Å². The van der Waals surface area contributed by atoms with Crippen LogP contribution in [0.15, 0.2) is 51.5 Å². The maximum absolute atomic E-state index is 12.7. The lowest BCUT2D eigenvalue weighted by molar-refractivity contribution is 0.0995. The summed E-state index contributed by atoms with van der Waals surface area (Å²) in [6.07, 6.45) is 0. The van der Waals surface area contributed by atoms with Gasteiger partial charge in [0.15, 0.2) is 5.69 Å². The monoisotopic (exact) mass is 428 g/mol. The number of aromatic amines is 1. The Bertz CT molecular complexity index is 1240. The molecule has 1 amide bonds. The molecule has 0 saturated carbocycles. The van der Waals surface area contributed by atoms with Crippen molar-refractivity contribution in [2.24, 2.45) is 10.2 Å². The van der Waals surface area contributed by atoms with E-state index in [2.05, 4.69) is 15.2 Å². The highest BCUT2D eigenvalue weighted by Crippen LogP contribution is 2.37. The molecule has 1 heterocycles. The zero-order valence-electron chi connectivity index (χ0n) is 17.3. The number of nitrogens with one attached hydrogen (secondary N) is 1. The molecular weight excluding hydrogens is 404 g/mol. The minimum Gasteiger partial charge on any atom is -0.493 e. The summed E-state index contributed by atoms with van der Waals surface area (Å²) in [5.74, 6) is -0.891. The molecule has 3 rings (SSSR count). The first-order valence-corrected chi connectivity index (χ1v) is 11.0. The largest absolute Gasteiger partial charge is 0.493 e. The lowest BCUT2D eigenvalue weighted by atomic mass is 10.1. The van der Waals surface area contributed by atoms with E-state index in [4.69, 9.17) is 0 Å². The highest BCUT2D eigenvalue weighted by Gasteiger charge is 2.22. The van der Waals surface area contributed by atoms with Gasteiger partial charge in [0.1, 0.15) is 0 Å². The quantitative estimate of drug-likeness (QED) is 0.565. The van der Waals surface area contributed by atoms with E-state index in [1.54, 1.807) is 19.9 Å². The molecule has 2 aromatic carbocycles. The summed E-state index contributed by atoms with van der Waals surface area (Å²) >= 11 is 0. The fraction of sp³-hybridized carbons (Fsp3) is 0.286. The fourth-order valence-corrected chi connectivity index (χ4v) is 4.74. The number of azo groups is 1. The Hall–Kier alpha value is -3.04. The van der Waals surface area contributed by atoms with Crippen LogP contribution in [0.25, 0.3) is 10.9 Å². The van der Waals surface area contributed by atoms with Crippen LogP contribution in [0.4, 0.5) is 5.69 Å². The lowest BCUT2D eigenvalue weighted by Crippen LogP contribution is -2.30. The van der Waals surface area contributed by atoms with Crippen molar-refractivity contribution in [3.05, 3.63) is 53.1 Å². The summed E-state index contributed by atoms with van der Waals surface area (Å²) < 4.78 is 26.7. The number of nitrogens with zero attached hydrogens (tertiary/aromatic N) is 3. The summed E-state index contributed by atoms with van der Waals surface area (Å²) in [5.41, 5.74) is 2.99. The number of fused-ring (bicyclic) bond motifs is 1. The van der Waals surface area contributed by atoms with Crippen molar-refractivity contribution in [2.45, 2.75) is 32.6 Å². The van der Waals surface area contributed by atoms with E-state index in [9.17, 15) is 18.3 Å². The van der Waals surface area contributed by atoms with E-state index in [0.29, 0.717) is 18.5 Å². The zero-order valence-corrected chi connectivity index (χ0v) is 18.1. The van der Waals surface area contributed by atoms with Gasteiger partial charge in [-0.15, -0.1) is 10.2 Å². The second kappa shape index (κ2) is 8.37. The number of carbonyl (C=O) groups is 1. The average Bonchev–Trinajstić information content (AvgIpc) is 3.05. The number of aromatic nitrogens is 1. The van der Waals surface area contributed by atoms with E-state index in [1.807, 2.05) is 19.9 Å². The van der Waals surface area contributed by atoms with Crippen LogP contribution >= 0.6 is 0 Å². The molecule has 0 aliphatic carbocycles. The van der Waals surface area contributed by atoms with E-state index in [1.165, 1.54) is 28.6 Å². The van der Waals surface area contributed by atoms with Gasteiger partial charge in [0.25, 0.3) is 5.91 Å². The maximum atomic E-state index is 12.7. The summed E-state index contributed by atoms with van der Waals surface area (Å²) in [6, 6.07) is 9.40. The van der Waals surface area contributed by atoms with Crippen LogP contribution in [0.3, 0.4) is 0 Å². The Morgan fingerprint density at radius 2 is 1.83 bits per heavy atom. The second-order valence-corrected chi connectivity index (χ2v) is 8.81. The van der Waals surface area contributed by atoms with Gasteiger partial charge in [-0.3, -0.25) is 4.79 Å². The second-order valence-electron chi connectivity index (χ2n) is 6.87. The number of carbonyl (C=O) groups excluding carboxylic acids is 1. The molecule has 0 spiro atoms. The molecule has 0 radical (unpaired) electrons. The van der Waals surface area contributed by atoms with Crippen LogP contribution in [-0.4, -0.2) is 41.8 Å². The number of benzene rings is 2. The predicted octanol–water partition coefficient (Wildman–Crippen LogP) is 4.44. The van der Waals surface area contributed by atoms with Crippen molar-refractivity contribution in [1.82, 2.24) is 9.29 Å². The SMILES string of the molecule is CCN(CC)S(=O)(=O)c1cccc(C(=O)N=Nc2c(O)[nH]c3c(C)c(C)ccc23)c1. The zero-order chi connectivity index (χ0) is 22.1. The van der Waals surface area contributed by atoms with Gasteiger partial charge in [-0.1, -0.05) is 32.0 Å². The fourth-order valence-electron chi connectivity index (χ4n) is 3.24. The molecule has 2 N–H and O–H groups in total. The molecule has 0 unspecified atom stereocenters. The van der Waals surface area contributed by atoms with E-state index in [0.717, 1.165) is 16.6 Å². The Morgan fingerprint density at radius 3 is 2.50 bits per heavy atom. The minimum atomic E-state index is -3.70. The van der Waals surface area contributed by atoms with Crippen molar-refractivity contribution in [3.63, 3.8) is 0 Å². The molecule has 1 aromatic heterocycles. The molecule has 8 nitrogen and oxygen atoms in total. The Balaban J connectivity index is 1.94. The van der Waals surface area contributed by atoms with Crippen LogP contribution < -0.4 is 0 Å². The van der Waals surface area contributed by atoms with Crippen molar-refractivity contribution in [1.29, 1.82) is 0 Å². The average molecular weight is 429 g/mol. The van der Waals surface area contributed by atoms with Gasteiger partial charge in [-0.2, -0.15) is 4.31 Å². The summed E-state index contributed by atoms with van der Waals surface area (Å²) in [7, 11) is -3.70. The smallest absolute Gasteiger partial charge is 0.295 e. The van der Waals surface area contributed by atoms with Gasteiger partial charge in [0.05, 0.1) is 10.4 Å². The molecule has 30 heavy (non-hydrogen) atoms. The van der Waals surface area contributed by atoms with Gasteiger partial charge in [0.2, 0.25) is 15.9 Å². The van der Waals surface area contributed by atoms with E-state index < -0.39 is 15.9 Å². The standard InChI is InChI=1S/C21H24N4O4S/c1-5-25(6-2)30(28,29)16-9-7-8-15(12-16)20(26)24-23-19-17-11-10-13(3)14(4)18(17)22-21(19)27/h7-12,22,27H,5-6H2,1-4H3. The molecule has 0 fully saturated rings. The Kier molecular flexibility index (Phi) is 6.04. The van der Waals surface area contributed by atoms with Gasteiger partial charge in [0, 0.05) is 24.0 Å². The number of hydrogen-bond acceptors (Lipinski definition) is 5. The maximum Gasteiger partial charge on any atom is 0.295 e. The summed E-state index contributed by atoms with van der Waals surface area (Å²) in [6.45, 7) is 8.03. The number of sulfonamides is 1. The third-order valence-electron chi connectivity index (χ3n) is 5.12. The van der Waals surface area contributed by atoms with Crippen LogP contribution in [0, 0.1) is 13.8 Å². The number of amides is 1. The summed E-state index contributed by atoms with van der Waals surface area (Å²) in [4.78, 5) is 15.4. The Labute approximate surface area is 175 Å². The third-order valence-corrected chi connectivity index (χ3v) is 7.17. The molecule has 0 aliphatic heterocycles. The van der Waals surface area contributed by atoms with Crippen LogP contribution in [0.5, 0.6) is 5.88 Å². The van der Waals surface area contributed by atoms with Crippen LogP contribution in [0.2, 0.25) is 0 Å². The molecule has 0 bridgehead atoms. The number of aromatic hydroxyl groups is 1. The normalized spacial score (nSPS) is 12.3. The molecule has 3 aromatic rings. The first-order chi connectivity index (χ1) is 14.2. The van der Waals surface area contributed by atoms with Crippen molar-refractivity contribution in [2.75, 3.05) is 13.1 Å². The Morgan fingerprint density at radius 1 is 1.13 bits per heavy atom. The minimum absolute atomic E-state index is 0.0216. The molecule has 0 atom stereocenters. The van der Waals surface area contributed by atoms with Crippen molar-refractivity contribution in [3.8, 4) is 5.88 Å². The molecule has 0 saturated heterocycles. The number of H-pyrrole nitrogens is 1. The van der Waals surface area contributed by atoms with E-state index in [-0.39, 0.29) is 22.0 Å².